The molecule has 7 nitrogen and oxygen atoms in total. The molecule has 5 aromatic rings. The van der Waals surface area contributed by atoms with Gasteiger partial charge in [0, 0.05) is 78.6 Å². The molecule has 0 radical (unpaired) electrons. The summed E-state index contributed by atoms with van der Waals surface area (Å²) in [6.45, 7) is 5.42. The number of rotatable bonds is 7. The molecule has 0 N–H and O–H groups in total. The van der Waals surface area contributed by atoms with Crippen molar-refractivity contribution in [1.82, 2.24) is 29.6 Å². The Labute approximate surface area is 218 Å². The minimum Gasteiger partial charge on any atom is -0.379 e. The van der Waals surface area contributed by atoms with Crippen molar-refractivity contribution in [3.8, 4) is 33.5 Å². The van der Waals surface area contributed by atoms with Gasteiger partial charge in [0.15, 0.2) is 5.65 Å². The summed E-state index contributed by atoms with van der Waals surface area (Å²) >= 11 is 0. The number of ether oxygens (including phenoxy) is 1. The highest BCUT2D eigenvalue weighted by atomic mass is 19.1. The number of hydrogen-bond acceptors (Lipinski definition) is 6. The molecule has 1 aromatic carbocycles. The fourth-order valence-electron chi connectivity index (χ4n) is 4.79. The number of halogens is 2. The predicted molar refractivity (Wildman–Crippen MR) is 141 cm³/mol. The highest BCUT2D eigenvalue weighted by Gasteiger charge is 2.15. The van der Waals surface area contributed by atoms with Gasteiger partial charge in [0.1, 0.15) is 11.6 Å². The van der Waals surface area contributed by atoms with E-state index in [-0.39, 0.29) is 5.56 Å². The van der Waals surface area contributed by atoms with E-state index in [1.54, 1.807) is 24.7 Å². The zero-order valence-corrected chi connectivity index (χ0v) is 20.7. The maximum Gasteiger partial charge on any atom is 0.160 e. The molecule has 5 heterocycles. The Hall–Kier alpha value is -4.08. The first kappa shape index (κ1) is 24.3. The van der Waals surface area contributed by atoms with Crippen molar-refractivity contribution in [2.75, 3.05) is 32.8 Å². The summed E-state index contributed by atoms with van der Waals surface area (Å²) in [6, 6.07) is 10.9. The van der Waals surface area contributed by atoms with Crippen LogP contribution in [0.15, 0.2) is 73.4 Å². The maximum atomic E-state index is 14.6. The molecule has 0 spiro atoms. The van der Waals surface area contributed by atoms with Gasteiger partial charge in [0.25, 0.3) is 0 Å². The van der Waals surface area contributed by atoms with Gasteiger partial charge in [0.2, 0.25) is 0 Å². The molecule has 4 aromatic heterocycles. The van der Waals surface area contributed by atoms with Gasteiger partial charge in [-0.2, -0.15) is 5.10 Å². The minimum absolute atomic E-state index is 0.0845. The van der Waals surface area contributed by atoms with E-state index in [1.807, 2.05) is 35.3 Å². The Balaban J connectivity index is 1.30. The molecule has 0 amide bonds. The third-order valence-electron chi connectivity index (χ3n) is 6.77. The monoisotopic (exact) mass is 512 g/mol. The SMILES string of the molecule is Fc1ccc(F)c(-c2cc(-c3cncc(-c4cnn(CCCN5CCOCC5)c4)c3)c3cccnc3n2)c1. The van der Waals surface area contributed by atoms with E-state index < -0.39 is 11.6 Å². The number of nitrogens with zero attached hydrogens (tertiary/aromatic N) is 6. The Kier molecular flexibility index (Phi) is 6.85. The van der Waals surface area contributed by atoms with Crippen molar-refractivity contribution in [3.05, 3.63) is 85.1 Å². The van der Waals surface area contributed by atoms with E-state index >= 15 is 0 Å². The van der Waals surface area contributed by atoms with Crippen LogP contribution in [0, 0.1) is 11.6 Å². The summed E-state index contributed by atoms with van der Waals surface area (Å²) in [5, 5.41) is 5.34. The highest BCUT2D eigenvalue weighted by molar-refractivity contribution is 5.95. The van der Waals surface area contributed by atoms with Crippen molar-refractivity contribution < 1.29 is 13.5 Å². The van der Waals surface area contributed by atoms with E-state index in [0.717, 1.165) is 91.7 Å². The second kappa shape index (κ2) is 10.7. The zero-order chi connectivity index (χ0) is 25.9. The average Bonchev–Trinajstić information content (AvgIpc) is 3.43. The number of fused-ring (bicyclic) bond motifs is 1. The van der Waals surface area contributed by atoms with E-state index in [0.29, 0.717) is 11.3 Å². The van der Waals surface area contributed by atoms with Crippen molar-refractivity contribution in [3.63, 3.8) is 0 Å². The van der Waals surface area contributed by atoms with E-state index in [9.17, 15) is 8.78 Å². The third kappa shape index (κ3) is 5.16. The first-order chi connectivity index (χ1) is 18.6. The van der Waals surface area contributed by atoms with Crippen LogP contribution >= 0.6 is 0 Å². The minimum atomic E-state index is -0.548. The lowest BCUT2D eigenvalue weighted by Gasteiger charge is -2.26. The number of hydrogen-bond donors (Lipinski definition) is 0. The molecule has 192 valence electrons. The van der Waals surface area contributed by atoms with Gasteiger partial charge >= 0.3 is 0 Å². The number of pyridine rings is 3. The summed E-state index contributed by atoms with van der Waals surface area (Å²) in [7, 11) is 0. The fourth-order valence-corrected chi connectivity index (χ4v) is 4.79. The molecule has 0 saturated carbocycles. The summed E-state index contributed by atoms with van der Waals surface area (Å²) in [6.07, 6.45) is 10.1. The number of benzene rings is 1. The molecular formula is C29H26F2N6O. The van der Waals surface area contributed by atoms with Gasteiger partial charge in [-0.15, -0.1) is 0 Å². The molecule has 1 saturated heterocycles. The van der Waals surface area contributed by atoms with Gasteiger partial charge in [-0.25, -0.2) is 18.7 Å². The van der Waals surface area contributed by atoms with Crippen molar-refractivity contribution in [1.29, 1.82) is 0 Å². The molecular weight excluding hydrogens is 486 g/mol. The Bertz CT molecular complexity index is 1580. The van der Waals surface area contributed by atoms with Crippen LogP contribution in [0.4, 0.5) is 8.78 Å². The largest absolute Gasteiger partial charge is 0.379 e. The molecule has 0 unspecified atom stereocenters. The standard InChI is InChI=1S/C29H26F2N6O/c30-23-4-5-27(31)26(14-23)28-15-25(24-3-1-6-33-29(24)35-28)21-13-20(16-32-17-21)22-18-34-37(19-22)8-2-7-36-9-11-38-12-10-36/h1,3-6,13-19H,2,7-12H2. The highest BCUT2D eigenvalue weighted by Crippen LogP contribution is 2.34. The Morgan fingerprint density at radius 3 is 2.63 bits per heavy atom. The van der Waals surface area contributed by atoms with Crippen LogP contribution in [0.1, 0.15) is 6.42 Å². The summed E-state index contributed by atoms with van der Waals surface area (Å²) < 4.78 is 35.9. The van der Waals surface area contributed by atoms with Crippen LogP contribution in [0.3, 0.4) is 0 Å². The van der Waals surface area contributed by atoms with E-state index in [1.165, 1.54) is 0 Å². The van der Waals surface area contributed by atoms with Crippen LogP contribution in [0.25, 0.3) is 44.5 Å². The average molecular weight is 513 g/mol. The summed E-state index contributed by atoms with van der Waals surface area (Å²) in [4.78, 5) is 15.8. The maximum absolute atomic E-state index is 14.6. The van der Waals surface area contributed by atoms with Gasteiger partial charge in [-0.3, -0.25) is 14.6 Å². The molecule has 0 aliphatic carbocycles. The zero-order valence-electron chi connectivity index (χ0n) is 20.7. The van der Waals surface area contributed by atoms with Crippen LogP contribution in [-0.2, 0) is 11.3 Å². The molecule has 0 bridgehead atoms. The quantitative estimate of drug-likeness (QED) is 0.298. The molecule has 9 heteroatoms. The first-order valence-electron chi connectivity index (χ1n) is 12.6. The summed E-state index contributed by atoms with van der Waals surface area (Å²) in [5.74, 6) is -1.08. The smallest absolute Gasteiger partial charge is 0.160 e. The van der Waals surface area contributed by atoms with Crippen molar-refractivity contribution >= 4 is 11.0 Å². The topological polar surface area (TPSA) is 69.0 Å². The van der Waals surface area contributed by atoms with Gasteiger partial charge in [-0.1, -0.05) is 0 Å². The number of aromatic nitrogens is 5. The molecule has 1 aliphatic heterocycles. The van der Waals surface area contributed by atoms with Crippen LogP contribution in [0.5, 0.6) is 0 Å². The van der Waals surface area contributed by atoms with Crippen LogP contribution < -0.4 is 0 Å². The van der Waals surface area contributed by atoms with Crippen LogP contribution in [-0.4, -0.2) is 62.5 Å². The van der Waals surface area contributed by atoms with E-state index in [2.05, 4.69) is 25.0 Å². The number of aryl methyl sites for hydroxylation is 1. The molecule has 0 atom stereocenters. The van der Waals surface area contributed by atoms with Crippen molar-refractivity contribution in [2.45, 2.75) is 13.0 Å². The Morgan fingerprint density at radius 2 is 1.74 bits per heavy atom. The second-order valence-corrected chi connectivity index (χ2v) is 9.32. The summed E-state index contributed by atoms with van der Waals surface area (Å²) in [5.41, 5.74) is 4.31. The molecule has 1 aliphatic rings. The predicted octanol–water partition coefficient (Wildman–Crippen LogP) is 5.22. The normalized spacial score (nSPS) is 14.3. The fraction of sp³-hybridized carbons (Fsp3) is 0.241. The van der Waals surface area contributed by atoms with Gasteiger partial charge in [0.05, 0.1) is 25.1 Å². The van der Waals surface area contributed by atoms with Crippen molar-refractivity contribution in [2.24, 2.45) is 0 Å². The van der Waals surface area contributed by atoms with E-state index in [4.69, 9.17) is 4.74 Å². The number of morpholine rings is 1. The lowest BCUT2D eigenvalue weighted by atomic mass is 9.99. The Morgan fingerprint density at radius 1 is 0.868 bits per heavy atom. The molecule has 38 heavy (non-hydrogen) atoms. The van der Waals surface area contributed by atoms with Gasteiger partial charge < -0.3 is 4.74 Å². The van der Waals surface area contributed by atoms with Gasteiger partial charge in [-0.05, 0) is 54.4 Å². The first-order valence-corrected chi connectivity index (χ1v) is 12.6. The third-order valence-corrected chi connectivity index (χ3v) is 6.77. The van der Waals surface area contributed by atoms with Crippen LogP contribution in [0.2, 0.25) is 0 Å². The molecule has 1 fully saturated rings. The second-order valence-electron chi connectivity index (χ2n) is 9.32. The lowest BCUT2D eigenvalue weighted by molar-refractivity contribution is 0.0368. The lowest BCUT2D eigenvalue weighted by Crippen LogP contribution is -2.37. The molecule has 6 rings (SSSR count).